The summed E-state index contributed by atoms with van der Waals surface area (Å²) in [5, 5.41) is 0. The van der Waals surface area contributed by atoms with Gasteiger partial charge in [-0.15, -0.1) is 0 Å². The molecule has 0 fully saturated rings. The van der Waals surface area contributed by atoms with Gasteiger partial charge in [0.05, 0.1) is 0 Å². The van der Waals surface area contributed by atoms with Gasteiger partial charge < -0.3 is 0 Å². The van der Waals surface area contributed by atoms with Gasteiger partial charge >= 0.3 is 0 Å². The second kappa shape index (κ2) is 5.19. The Bertz CT molecular complexity index is 266. The van der Waals surface area contributed by atoms with Gasteiger partial charge in [-0.2, -0.15) is 0 Å². The Labute approximate surface area is 88.4 Å². The Morgan fingerprint density at radius 3 is 2.64 bits per heavy atom. The highest BCUT2D eigenvalue weighted by Crippen LogP contribution is 2.25. The van der Waals surface area contributed by atoms with Crippen LogP contribution in [0.25, 0.3) is 0 Å². The summed E-state index contributed by atoms with van der Waals surface area (Å²) in [7, 11) is 0. The van der Waals surface area contributed by atoms with Crippen LogP contribution in [0.2, 0.25) is 0 Å². The predicted molar refractivity (Wildman–Crippen MR) is 64.2 cm³/mol. The molecule has 0 amide bonds. The van der Waals surface area contributed by atoms with E-state index in [-0.39, 0.29) is 0 Å². The smallest absolute Gasteiger partial charge is 0.0135 e. The normalized spacial score (nSPS) is 20.9. The summed E-state index contributed by atoms with van der Waals surface area (Å²) in [4.78, 5) is 0. The third kappa shape index (κ3) is 2.87. The van der Waals surface area contributed by atoms with Crippen LogP contribution >= 0.6 is 0 Å². The van der Waals surface area contributed by atoms with Crippen molar-refractivity contribution in [1.29, 1.82) is 0 Å². The zero-order valence-corrected chi connectivity index (χ0v) is 9.88. The molecule has 0 aromatic rings. The van der Waals surface area contributed by atoms with E-state index in [0.717, 1.165) is 12.3 Å². The molecule has 0 saturated heterocycles. The summed E-state index contributed by atoms with van der Waals surface area (Å²) in [6.07, 6.45) is 11.5. The molecule has 0 saturated carbocycles. The van der Waals surface area contributed by atoms with Gasteiger partial charge in [0.25, 0.3) is 0 Å². The van der Waals surface area contributed by atoms with E-state index in [1.165, 1.54) is 17.6 Å². The van der Waals surface area contributed by atoms with Crippen LogP contribution in [0.1, 0.15) is 40.5 Å². The standard InChI is InChI=1S/C14H22/c1-5-12(3)13(4)14-8-6-7-11(2)9-10-14/h6,8-10,12-13H,5,7H2,1-4H3. The largest absolute Gasteiger partial charge is 0.0802 e. The minimum Gasteiger partial charge on any atom is -0.0802 e. The number of rotatable bonds is 3. The Kier molecular flexibility index (Phi) is 4.19. The van der Waals surface area contributed by atoms with Crippen LogP contribution in [-0.4, -0.2) is 0 Å². The first kappa shape index (κ1) is 11.3. The third-order valence-corrected chi connectivity index (χ3v) is 3.33. The molecule has 0 radical (unpaired) electrons. The van der Waals surface area contributed by atoms with Crippen molar-refractivity contribution in [2.45, 2.75) is 40.5 Å². The topological polar surface area (TPSA) is 0 Å². The molecule has 0 bridgehead atoms. The molecule has 0 spiro atoms. The molecule has 0 aromatic heterocycles. The average Bonchev–Trinajstić information content (AvgIpc) is 2.40. The van der Waals surface area contributed by atoms with Crippen LogP contribution in [-0.2, 0) is 0 Å². The van der Waals surface area contributed by atoms with Crippen LogP contribution in [0.3, 0.4) is 0 Å². The number of hydrogen-bond donors (Lipinski definition) is 0. The van der Waals surface area contributed by atoms with Crippen LogP contribution in [0.4, 0.5) is 0 Å². The molecule has 0 heteroatoms. The summed E-state index contributed by atoms with van der Waals surface area (Å²) in [5.41, 5.74) is 2.93. The van der Waals surface area contributed by atoms with E-state index in [0.29, 0.717) is 5.92 Å². The molecular formula is C14H22. The zero-order chi connectivity index (χ0) is 10.6. The Balaban J connectivity index is 2.77. The second-order valence-corrected chi connectivity index (χ2v) is 4.46. The van der Waals surface area contributed by atoms with Gasteiger partial charge in [-0.05, 0) is 30.8 Å². The predicted octanol–water partition coefficient (Wildman–Crippen LogP) is 4.50. The van der Waals surface area contributed by atoms with Crippen molar-refractivity contribution in [3.63, 3.8) is 0 Å². The van der Waals surface area contributed by atoms with Crippen LogP contribution in [0.5, 0.6) is 0 Å². The lowest BCUT2D eigenvalue weighted by molar-refractivity contribution is 0.433. The summed E-state index contributed by atoms with van der Waals surface area (Å²) in [6.45, 7) is 9.13. The molecule has 0 heterocycles. The van der Waals surface area contributed by atoms with E-state index in [4.69, 9.17) is 0 Å². The van der Waals surface area contributed by atoms with Crippen molar-refractivity contribution in [1.82, 2.24) is 0 Å². The third-order valence-electron chi connectivity index (χ3n) is 3.33. The fourth-order valence-electron chi connectivity index (χ4n) is 1.73. The lowest BCUT2D eigenvalue weighted by Gasteiger charge is -2.19. The number of allylic oxidation sites excluding steroid dienone is 6. The molecule has 14 heavy (non-hydrogen) atoms. The van der Waals surface area contributed by atoms with Gasteiger partial charge in [0.2, 0.25) is 0 Å². The van der Waals surface area contributed by atoms with Gasteiger partial charge in [0.1, 0.15) is 0 Å². The van der Waals surface area contributed by atoms with E-state index in [9.17, 15) is 0 Å². The summed E-state index contributed by atoms with van der Waals surface area (Å²) in [5.74, 6) is 1.45. The van der Waals surface area contributed by atoms with Crippen molar-refractivity contribution >= 4 is 0 Å². The first-order valence-electron chi connectivity index (χ1n) is 5.69. The van der Waals surface area contributed by atoms with Gasteiger partial charge in [0.15, 0.2) is 0 Å². The highest BCUT2D eigenvalue weighted by molar-refractivity contribution is 5.31. The second-order valence-electron chi connectivity index (χ2n) is 4.46. The van der Waals surface area contributed by atoms with Crippen molar-refractivity contribution in [3.8, 4) is 0 Å². The van der Waals surface area contributed by atoms with Gasteiger partial charge in [-0.3, -0.25) is 0 Å². The maximum Gasteiger partial charge on any atom is -0.0135 e. The van der Waals surface area contributed by atoms with E-state index >= 15 is 0 Å². The fraction of sp³-hybridized carbons (Fsp3) is 0.571. The SMILES string of the molecule is CCC(C)C(C)C1=CC=C(C)CC=C1. The zero-order valence-electron chi connectivity index (χ0n) is 9.88. The molecule has 0 nitrogen and oxygen atoms in total. The van der Waals surface area contributed by atoms with E-state index < -0.39 is 0 Å². The Morgan fingerprint density at radius 1 is 1.29 bits per heavy atom. The summed E-state index contributed by atoms with van der Waals surface area (Å²) < 4.78 is 0. The molecule has 0 aliphatic heterocycles. The molecule has 0 N–H and O–H groups in total. The van der Waals surface area contributed by atoms with Crippen molar-refractivity contribution < 1.29 is 0 Å². The van der Waals surface area contributed by atoms with E-state index in [1.807, 2.05) is 0 Å². The first-order valence-corrected chi connectivity index (χ1v) is 5.69. The van der Waals surface area contributed by atoms with Crippen LogP contribution in [0.15, 0.2) is 35.5 Å². The lowest BCUT2D eigenvalue weighted by atomic mass is 9.86. The van der Waals surface area contributed by atoms with Gasteiger partial charge in [-0.25, -0.2) is 0 Å². The quantitative estimate of drug-likeness (QED) is 0.614. The summed E-state index contributed by atoms with van der Waals surface area (Å²) >= 11 is 0. The van der Waals surface area contributed by atoms with Crippen LogP contribution < -0.4 is 0 Å². The maximum absolute atomic E-state index is 2.33. The highest BCUT2D eigenvalue weighted by Gasteiger charge is 2.13. The van der Waals surface area contributed by atoms with Gasteiger partial charge in [-0.1, -0.05) is 57.1 Å². The molecular weight excluding hydrogens is 168 g/mol. The first-order chi connectivity index (χ1) is 6.65. The van der Waals surface area contributed by atoms with Crippen molar-refractivity contribution in [3.05, 3.63) is 35.5 Å². The van der Waals surface area contributed by atoms with E-state index in [2.05, 4.69) is 52.0 Å². The molecule has 1 aliphatic rings. The maximum atomic E-state index is 2.33. The molecule has 2 atom stereocenters. The van der Waals surface area contributed by atoms with Crippen molar-refractivity contribution in [2.75, 3.05) is 0 Å². The molecule has 0 aromatic carbocycles. The highest BCUT2D eigenvalue weighted by atomic mass is 14.2. The fourth-order valence-corrected chi connectivity index (χ4v) is 1.73. The molecule has 1 rings (SSSR count). The Morgan fingerprint density at radius 2 is 2.00 bits per heavy atom. The Hall–Kier alpha value is -0.780. The average molecular weight is 190 g/mol. The lowest BCUT2D eigenvalue weighted by Crippen LogP contribution is -2.08. The van der Waals surface area contributed by atoms with Crippen molar-refractivity contribution in [2.24, 2.45) is 11.8 Å². The monoisotopic (exact) mass is 190 g/mol. The van der Waals surface area contributed by atoms with Gasteiger partial charge in [0, 0.05) is 0 Å². The molecule has 78 valence electrons. The minimum absolute atomic E-state index is 0.679. The van der Waals surface area contributed by atoms with Crippen LogP contribution in [0, 0.1) is 11.8 Å². The minimum atomic E-state index is 0.679. The number of hydrogen-bond acceptors (Lipinski definition) is 0. The molecule has 2 unspecified atom stereocenters. The van der Waals surface area contributed by atoms with E-state index in [1.54, 1.807) is 0 Å². The molecule has 1 aliphatic carbocycles. The summed E-state index contributed by atoms with van der Waals surface area (Å²) in [6, 6.07) is 0.